The van der Waals surface area contributed by atoms with E-state index in [1.807, 2.05) is 13.8 Å². The normalized spacial score (nSPS) is 12.8. The minimum atomic E-state index is -0.854. The molecular formula is C12H15Cl2NO2. The van der Waals surface area contributed by atoms with Crippen LogP contribution in [0.4, 0.5) is 0 Å². The first-order valence-corrected chi connectivity index (χ1v) is 6.07. The van der Waals surface area contributed by atoms with Gasteiger partial charge in [0, 0.05) is 16.6 Å². The number of halogens is 2. The summed E-state index contributed by atoms with van der Waals surface area (Å²) in [5.74, 6) is -0.838. The average Bonchev–Trinajstić information content (AvgIpc) is 2.14. The number of aliphatic carboxylic acids is 1. The summed E-state index contributed by atoms with van der Waals surface area (Å²) < 4.78 is 0. The maximum atomic E-state index is 11.0. The van der Waals surface area contributed by atoms with Gasteiger partial charge < -0.3 is 10.4 Å². The van der Waals surface area contributed by atoms with Crippen molar-refractivity contribution in [2.45, 2.75) is 26.4 Å². The van der Waals surface area contributed by atoms with Crippen molar-refractivity contribution in [3.63, 3.8) is 0 Å². The summed E-state index contributed by atoms with van der Waals surface area (Å²) >= 11 is 11.7. The number of hydrogen-bond donors (Lipinski definition) is 2. The Hall–Kier alpha value is -0.770. The SMILES string of the molecule is CC(C)C(NCc1cc(Cl)cc(Cl)c1)C(=O)O. The van der Waals surface area contributed by atoms with Crippen molar-refractivity contribution in [3.8, 4) is 0 Å². The fourth-order valence-electron chi connectivity index (χ4n) is 1.55. The molecule has 1 unspecified atom stereocenters. The third-order valence-corrected chi connectivity index (χ3v) is 2.82. The van der Waals surface area contributed by atoms with Crippen LogP contribution in [-0.2, 0) is 11.3 Å². The van der Waals surface area contributed by atoms with Crippen molar-refractivity contribution < 1.29 is 9.90 Å². The van der Waals surface area contributed by atoms with Crippen LogP contribution in [0.15, 0.2) is 18.2 Å². The van der Waals surface area contributed by atoms with Crippen LogP contribution in [0.1, 0.15) is 19.4 Å². The fraction of sp³-hybridized carbons (Fsp3) is 0.417. The second-order valence-electron chi connectivity index (χ2n) is 4.22. The summed E-state index contributed by atoms with van der Waals surface area (Å²) in [5.41, 5.74) is 0.870. The number of rotatable bonds is 5. The van der Waals surface area contributed by atoms with E-state index in [-0.39, 0.29) is 5.92 Å². The minimum Gasteiger partial charge on any atom is -0.480 e. The smallest absolute Gasteiger partial charge is 0.320 e. The number of carboxylic acid groups (broad SMARTS) is 1. The van der Waals surface area contributed by atoms with Gasteiger partial charge in [0.25, 0.3) is 0 Å². The van der Waals surface area contributed by atoms with Gasteiger partial charge in [0.2, 0.25) is 0 Å². The molecule has 0 amide bonds. The maximum Gasteiger partial charge on any atom is 0.320 e. The topological polar surface area (TPSA) is 49.3 Å². The van der Waals surface area contributed by atoms with Crippen LogP contribution >= 0.6 is 23.2 Å². The molecule has 0 bridgehead atoms. The molecule has 1 aromatic rings. The van der Waals surface area contributed by atoms with Crippen molar-refractivity contribution in [1.29, 1.82) is 0 Å². The molecule has 5 heteroatoms. The Morgan fingerprint density at radius 2 is 1.82 bits per heavy atom. The molecular weight excluding hydrogens is 261 g/mol. The van der Waals surface area contributed by atoms with Gasteiger partial charge in [-0.25, -0.2) is 0 Å². The molecule has 1 aromatic carbocycles. The van der Waals surface area contributed by atoms with E-state index < -0.39 is 12.0 Å². The molecule has 0 saturated carbocycles. The lowest BCUT2D eigenvalue weighted by atomic mass is 10.0. The van der Waals surface area contributed by atoms with E-state index in [0.717, 1.165) is 5.56 Å². The van der Waals surface area contributed by atoms with Gasteiger partial charge in [-0.2, -0.15) is 0 Å². The molecule has 0 aromatic heterocycles. The molecule has 94 valence electrons. The van der Waals surface area contributed by atoms with Crippen molar-refractivity contribution in [1.82, 2.24) is 5.32 Å². The van der Waals surface area contributed by atoms with Crippen LogP contribution in [0.3, 0.4) is 0 Å². The summed E-state index contributed by atoms with van der Waals surface area (Å²) in [6, 6.07) is 4.59. The van der Waals surface area contributed by atoms with Crippen molar-refractivity contribution >= 4 is 29.2 Å². The monoisotopic (exact) mass is 275 g/mol. The van der Waals surface area contributed by atoms with E-state index in [9.17, 15) is 4.79 Å². The highest BCUT2D eigenvalue weighted by Gasteiger charge is 2.20. The first-order valence-electron chi connectivity index (χ1n) is 5.31. The maximum absolute atomic E-state index is 11.0. The number of hydrogen-bond acceptors (Lipinski definition) is 2. The molecule has 0 aliphatic rings. The lowest BCUT2D eigenvalue weighted by Gasteiger charge is -2.18. The van der Waals surface area contributed by atoms with Gasteiger partial charge in [-0.15, -0.1) is 0 Å². The molecule has 1 rings (SSSR count). The predicted molar refractivity (Wildman–Crippen MR) is 69.6 cm³/mol. The zero-order valence-corrected chi connectivity index (χ0v) is 11.2. The number of nitrogens with one attached hydrogen (secondary N) is 1. The second kappa shape index (κ2) is 6.24. The van der Waals surface area contributed by atoms with Crippen LogP contribution < -0.4 is 5.32 Å². The van der Waals surface area contributed by atoms with E-state index in [1.165, 1.54) is 0 Å². The lowest BCUT2D eigenvalue weighted by molar-refractivity contribution is -0.140. The zero-order valence-electron chi connectivity index (χ0n) is 9.71. The van der Waals surface area contributed by atoms with Gasteiger partial charge in [-0.05, 0) is 29.7 Å². The van der Waals surface area contributed by atoms with Crippen molar-refractivity contribution in [3.05, 3.63) is 33.8 Å². The molecule has 1 atom stereocenters. The molecule has 3 nitrogen and oxygen atoms in total. The fourth-order valence-corrected chi connectivity index (χ4v) is 2.12. The Balaban J connectivity index is 2.68. The quantitative estimate of drug-likeness (QED) is 0.868. The Kier molecular flexibility index (Phi) is 5.25. The average molecular weight is 276 g/mol. The summed E-state index contributed by atoms with van der Waals surface area (Å²) in [5, 5.41) is 13.1. The molecule has 0 heterocycles. The largest absolute Gasteiger partial charge is 0.480 e. The van der Waals surface area contributed by atoms with E-state index in [4.69, 9.17) is 28.3 Å². The second-order valence-corrected chi connectivity index (χ2v) is 5.09. The Bertz CT molecular complexity index is 387. The van der Waals surface area contributed by atoms with Gasteiger partial charge in [0.05, 0.1) is 0 Å². The minimum absolute atomic E-state index is 0.0159. The molecule has 0 fully saturated rings. The highest BCUT2D eigenvalue weighted by molar-refractivity contribution is 6.34. The zero-order chi connectivity index (χ0) is 13.0. The van der Waals surface area contributed by atoms with Gasteiger partial charge >= 0.3 is 5.97 Å². The van der Waals surface area contributed by atoms with Crippen molar-refractivity contribution in [2.24, 2.45) is 5.92 Å². The Morgan fingerprint density at radius 1 is 1.29 bits per heavy atom. The standard InChI is InChI=1S/C12H15Cl2NO2/c1-7(2)11(12(16)17)15-6-8-3-9(13)5-10(14)4-8/h3-5,7,11,15H,6H2,1-2H3,(H,16,17). The summed E-state index contributed by atoms with van der Waals surface area (Å²) in [7, 11) is 0. The van der Waals surface area contributed by atoms with Crippen LogP contribution in [0.5, 0.6) is 0 Å². The van der Waals surface area contributed by atoms with E-state index in [0.29, 0.717) is 16.6 Å². The highest BCUT2D eigenvalue weighted by atomic mass is 35.5. The number of carbonyl (C=O) groups is 1. The molecule has 0 spiro atoms. The van der Waals surface area contributed by atoms with E-state index >= 15 is 0 Å². The Morgan fingerprint density at radius 3 is 2.24 bits per heavy atom. The summed E-state index contributed by atoms with van der Waals surface area (Å²) in [6.07, 6.45) is 0. The Labute approximate surface area is 111 Å². The molecule has 17 heavy (non-hydrogen) atoms. The predicted octanol–water partition coefficient (Wildman–Crippen LogP) is 3.19. The molecule has 0 aliphatic heterocycles. The van der Waals surface area contributed by atoms with Crippen molar-refractivity contribution in [2.75, 3.05) is 0 Å². The molecule has 0 saturated heterocycles. The summed E-state index contributed by atoms with van der Waals surface area (Å²) in [4.78, 5) is 11.0. The first-order chi connectivity index (χ1) is 7.90. The van der Waals surface area contributed by atoms with Gasteiger partial charge in [-0.1, -0.05) is 37.0 Å². The van der Waals surface area contributed by atoms with E-state index in [1.54, 1.807) is 18.2 Å². The number of carboxylic acids is 1. The van der Waals surface area contributed by atoms with Crippen LogP contribution in [0.25, 0.3) is 0 Å². The van der Waals surface area contributed by atoms with Gasteiger partial charge in [0.1, 0.15) is 6.04 Å². The third-order valence-electron chi connectivity index (χ3n) is 2.38. The van der Waals surface area contributed by atoms with Crippen LogP contribution in [0.2, 0.25) is 10.0 Å². The first kappa shape index (κ1) is 14.3. The lowest BCUT2D eigenvalue weighted by Crippen LogP contribution is -2.40. The summed E-state index contributed by atoms with van der Waals surface area (Å²) in [6.45, 7) is 4.14. The van der Waals surface area contributed by atoms with Crippen LogP contribution in [-0.4, -0.2) is 17.1 Å². The molecule has 0 radical (unpaired) electrons. The third kappa shape index (κ3) is 4.54. The van der Waals surface area contributed by atoms with E-state index in [2.05, 4.69) is 5.32 Å². The van der Waals surface area contributed by atoms with Crippen LogP contribution in [0, 0.1) is 5.92 Å². The number of benzene rings is 1. The van der Waals surface area contributed by atoms with Gasteiger partial charge in [0.15, 0.2) is 0 Å². The highest BCUT2D eigenvalue weighted by Crippen LogP contribution is 2.19. The molecule has 2 N–H and O–H groups in total. The van der Waals surface area contributed by atoms with Gasteiger partial charge in [-0.3, -0.25) is 4.79 Å². The molecule has 0 aliphatic carbocycles.